The average molecular weight is 270 g/mol. The van der Waals surface area contributed by atoms with Crippen molar-refractivity contribution in [1.82, 2.24) is 0 Å². The Morgan fingerprint density at radius 3 is 2.82 bits per heavy atom. The van der Waals surface area contributed by atoms with Gasteiger partial charge in [-0.1, -0.05) is 6.07 Å². The molecule has 0 atom stereocenters. The molecule has 0 amide bonds. The Morgan fingerprint density at radius 2 is 2.24 bits per heavy atom. The van der Waals surface area contributed by atoms with Crippen LogP contribution in [0.15, 0.2) is 29.6 Å². The van der Waals surface area contributed by atoms with Crippen LogP contribution in [0, 0.1) is 5.21 Å². The van der Waals surface area contributed by atoms with Crippen molar-refractivity contribution >= 4 is 28.9 Å². The molecule has 88 valence electrons. The predicted octanol–water partition coefficient (Wildman–Crippen LogP) is 2.49. The number of hydrogen-bond donors (Lipinski definition) is 0. The fourth-order valence-corrected chi connectivity index (χ4v) is 2.35. The van der Waals surface area contributed by atoms with Crippen molar-refractivity contribution in [3.05, 3.63) is 45.6 Å². The molecule has 0 aromatic carbocycles. The summed E-state index contributed by atoms with van der Waals surface area (Å²) >= 11 is 7.27. The first-order valence-electron chi connectivity index (χ1n) is 4.69. The van der Waals surface area contributed by atoms with E-state index < -0.39 is 5.97 Å². The molecular weight excluding hydrogens is 262 g/mol. The number of aromatic nitrogens is 1. The lowest BCUT2D eigenvalue weighted by molar-refractivity contribution is -0.591. The van der Waals surface area contributed by atoms with Gasteiger partial charge >= 0.3 is 11.1 Å². The molecule has 0 saturated heterocycles. The van der Waals surface area contributed by atoms with E-state index in [1.807, 2.05) is 17.5 Å². The molecule has 0 aliphatic carbocycles. The predicted molar refractivity (Wildman–Crippen MR) is 65.1 cm³/mol. The molecule has 2 heterocycles. The number of hydrogen-bond acceptors (Lipinski definition) is 4. The lowest BCUT2D eigenvalue weighted by atomic mass is 10.2. The van der Waals surface area contributed by atoms with Crippen molar-refractivity contribution in [3.63, 3.8) is 0 Å². The minimum absolute atomic E-state index is 0.0597. The van der Waals surface area contributed by atoms with Gasteiger partial charge in [0.15, 0.2) is 0 Å². The second-order valence-electron chi connectivity index (χ2n) is 3.19. The maximum Gasteiger partial charge on any atom is 0.345 e. The molecule has 2 aromatic heterocycles. The van der Waals surface area contributed by atoms with Gasteiger partial charge in [0, 0.05) is 6.07 Å². The van der Waals surface area contributed by atoms with Gasteiger partial charge in [0.1, 0.15) is 5.56 Å². The molecule has 0 radical (unpaired) electrons. The van der Waals surface area contributed by atoms with E-state index in [9.17, 15) is 10.0 Å². The summed E-state index contributed by atoms with van der Waals surface area (Å²) in [6.45, 7) is 0. The van der Waals surface area contributed by atoms with Crippen molar-refractivity contribution in [2.45, 2.75) is 0 Å². The molecule has 0 saturated carbocycles. The molecular formula is C11H8ClNO3S. The zero-order chi connectivity index (χ0) is 12.4. The molecule has 4 nitrogen and oxygen atoms in total. The maximum absolute atomic E-state index is 11.9. The third kappa shape index (κ3) is 2.11. The first-order valence-corrected chi connectivity index (χ1v) is 5.95. The Labute approximate surface area is 107 Å². The average Bonchev–Trinajstić information content (AvgIpc) is 2.85. The van der Waals surface area contributed by atoms with E-state index in [0.29, 0.717) is 10.4 Å². The molecule has 6 heteroatoms. The highest BCUT2D eigenvalue weighted by Gasteiger charge is 2.22. The molecule has 0 N–H and O–H groups in total. The highest BCUT2D eigenvalue weighted by Crippen LogP contribution is 2.24. The largest absolute Gasteiger partial charge is 0.617 e. The van der Waals surface area contributed by atoms with Gasteiger partial charge in [0.2, 0.25) is 5.69 Å². The van der Waals surface area contributed by atoms with Gasteiger partial charge in [-0.15, -0.1) is 11.3 Å². The summed E-state index contributed by atoms with van der Waals surface area (Å²) < 4.78 is 5.06. The van der Waals surface area contributed by atoms with E-state index in [4.69, 9.17) is 11.6 Å². The van der Waals surface area contributed by atoms with Gasteiger partial charge < -0.3 is 9.94 Å². The number of methoxy groups -OCH3 is 1. The summed E-state index contributed by atoms with van der Waals surface area (Å²) in [6.07, 6.45) is 0. The van der Waals surface area contributed by atoms with Crippen LogP contribution >= 0.6 is 22.9 Å². The Hall–Kier alpha value is -1.59. The van der Waals surface area contributed by atoms with E-state index in [0.717, 1.165) is 4.88 Å². The molecule has 0 aliphatic rings. The summed E-state index contributed by atoms with van der Waals surface area (Å²) in [7, 11) is 1.24. The van der Waals surface area contributed by atoms with E-state index in [2.05, 4.69) is 4.74 Å². The van der Waals surface area contributed by atoms with Crippen LogP contribution in [-0.2, 0) is 4.74 Å². The second kappa shape index (κ2) is 4.73. The molecule has 0 spiro atoms. The lowest BCUT2D eigenvalue weighted by Crippen LogP contribution is -2.32. The first kappa shape index (κ1) is 11.9. The molecule has 0 fully saturated rings. The molecule has 0 bridgehead atoms. The van der Waals surface area contributed by atoms with Gasteiger partial charge in [0.05, 0.1) is 12.0 Å². The van der Waals surface area contributed by atoms with Gasteiger partial charge in [0.25, 0.3) is 0 Å². The SMILES string of the molecule is COC(=O)c1ccc(-c2cccs2)[n+]([O-])c1Cl. The number of carbonyl (C=O) groups is 1. The van der Waals surface area contributed by atoms with Crippen molar-refractivity contribution in [2.24, 2.45) is 0 Å². The Balaban J connectivity index is 2.54. The van der Waals surface area contributed by atoms with Gasteiger partial charge in [-0.25, -0.2) is 4.79 Å². The fourth-order valence-electron chi connectivity index (χ4n) is 1.38. The molecule has 0 unspecified atom stereocenters. The van der Waals surface area contributed by atoms with Crippen molar-refractivity contribution in [3.8, 4) is 10.6 Å². The highest BCUT2D eigenvalue weighted by molar-refractivity contribution is 7.13. The molecule has 0 aliphatic heterocycles. The molecule has 2 aromatic rings. The van der Waals surface area contributed by atoms with Crippen LogP contribution in [0.5, 0.6) is 0 Å². The normalized spacial score (nSPS) is 10.2. The highest BCUT2D eigenvalue weighted by atomic mass is 35.5. The number of thiophene rings is 1. The second-order valence-corrected chi connectivity index (χ2v) is 4.49. The number of halogens is 1. The zero-order valence-corrected chi connectivity index (χ0v) is 10.4. The first-order chi connectivity index (χ1) is 8.15. The van der Waals surface area contributed by atoms with Crippen LogP contribution in [0.1, 0.15) is 10.4 Å². The molecule has 17 heavy (non-hydrogen) atoms. The number of rotatable bonds is 2. The van der Waals surface area contributed by atoms with Crippen LogP contribution in [-0.4, -0.2) is 13.1 Å². The fraction of sp³-hybridized carbons (Fsp3) is 0.0909. The third-order valence-electron chi connectivity index (χ3n) is 2.21. The lowest BCUT2D eigenvalue weighted by Gasteiger charge is -2.07. The van der Waals surface area contributed by atoms with Crippen LogP contribution in [0.2, 0.25) is 5.15 Å². The van der Waals surface area contributed by atoms with Crippen molar-refractivity contribution in [1.29, 1.82) is 0 Å². The van der Waals surface area contributed by atoms with E-state index in [1.54, 1.807) is 6.07 Å². The Bertz CT molecular complexity index is 554. The summed E-state index contributed by atoms with van der Waals surface area (Å²) in [5.41, 5.74) is 0.474. The van der Waals surface area contributed by atoms with Crippen LogP contribution in [0.3, 0.4) is 0 Å². The summed E-state index contributed by atoms with van der Waals surface area (Å²) in [5.74, 6) is -0.627. The van der Waals surface area contributed by atoms with Crippen LogP contribution in [0.25, 0.3) is 10.6 Å². The molecule has 2 rings (SSSR count). The van der Waals surface area contributed by atoms with Crippen LogP contribution in [0.4, 0.5) is 0 Å². The quantitative estimate of drug-likeness (QED) is 0.364. The van der Waals surface area contributed by atoms with E-state index in [1.165, 1.54) is 24.5 Å². The summed E-state index contributed by atoms with van der Waals surface area (Å²) in [4.78, 5) is 12.1. The smallest absolute Gasteiger partial charge is 0.345 e. The number of carbonyl (C=O) groups excluding carboxylic acids is 1. The number of ether oxygens (including phenoxy) is 1. The maximum atomic E-state index is 11.9. The van der Waals surface area contributed by atoms with Crippen molar-refractivity contribution < 1.29 is 14.3 Å². The number of pyridine rings is 1. The minimum atomic E-state index is -0.627. The Kier molecular flexibility index (Phi) is 3.31. The summed E-state index contributed by atoms with van der Waals surface area (Å²) in [5, 5.41) is 13.6. The topological polar surface area (TPSA) is 53.2 Å². The monoisotopic (exact) mass is 269 g/mol. The van der Waals surface area contributed by atoms with Crippen LogP contribution < -0.4 is 4.73 Å². The van der Waals surface area contributed by atoms with E-state index in [-0.39, 0.29) is 10.7 Å². The summed E-state index contributed by atoms with van der Waals surface area (Å²) in [6, 6.07) is 6.68. The zero-order valence-electron chi connectivity index (χ0n) is 8.84. The number of nitrogens with zero attached hydrogens (tertiary/aromatic N) is 1. The number of esters is 1. The van der Waals surface area contributed by atoms with Gasteiger partial charge in [-0.3, -0.25) is 0 Å². The third-order valence-corrected chi connectivity index (χ3v) is 3.46. The minimum Gasteiger partial charge on any atom is -0.617 e. The Morgan fingerprint density at radius 1 is 1.47 bits per heavy atom. The standard InChI is InChI=1S/C11H8ClNO3S/c1-16-11(14)7-4-5-8(13(15)10(7)12)9-3-2-6-17-9/h2-6H,1H3. The van der Waals surface area contributed by atoms with Crippen molar-refractivity contribution in [2.75, 3.05) is 7.11 Å². The van der Waals surface area contributed by atoms with E-state index >= 15 is 0 Å². The van der Waals surface area contributed by atoms with Gasteiger partial charge in [-0.05, 0) is 29.1 Å². The van der Waals surface area contributed by atoms with Gasteiger partial charge in [-0.2, -0.15) is 4.73 Å².